The molecule has 46 valence electrons. The van der Waals surface area contributed by atoms with Gasteiger partial charge in [-0.3, -0.25) is 0 Å². The van der Waals surface area contributed by atoms with Gasteiger partial charge in [-0.15, -0.1) is 0 Å². The fourth-order valence-electron chi connectivity index (χ4n) is 0.946. The first-order valence-corrected chi connectivity index (χ1v) is 3.30. The number of rotatable bonds is 0. The summed E-state index contributed by atoms with van der Waals surface area (Å²) in [6, 6.07) is 0. The van der Waals surface area contributed by atoms with E-state index in [4.69, 9.17) is 0 Å². The van der Waals surface area contributed by atoms with Crippen molar-refractivity contribution in [3.05, 3.63) is 11.8 Å². The molecule has 1 aliphatic rings. The topological polar surface area (TPSA) is 12.0 Å². The van der Waals surface area contributed by atoms with Crippen LogP contribution < -0.4 is 5.32 Å². The van der Waals surface area contributed by atoms with Gasteiger partial charge in [0, 0.05) is 12.2 Å². The third-order valence-corrected chi connectivity index (χ3v) is 1.49. The summed E-state index contributed by atoms with van der Waals surface area (Å²) in [6.07, 6.45) is 6.21. The normalized spacial score (nSPS) is 20.9. The van der Waals surface area contributed by atoms with Crippen molar-refractivity contribution in [3.8, 4) is 0 Å². The van der Waals surface area contributed by atoms with Crippen molar-refractivity contribution in [2.45, 2.75) is 26.2 Å². The van der Waals surface area contributed by atoms with Crippen LogP contribution in [-0.2, 0) is 0 Å². The van der Waals surface area contributed by atoms with Gasteiger partial charge in [-0.1, -0.05) is 6.08 Å². The molecule has 0 unspecified atom stereocenters. The van der Waals surface area contributed by atoms with Gasteiger partial charge in [-0.25, -0.2) is 0 Å². The van der Waals surface area contributed by atoms with E-state index >= 15 is 0 Å². The zero-order valence-electron chi connectivity index (χ0n) is 5.41. The van der Waals surface area contributed by atoms with Gasteiger partial charge in [0.05, 0.1) is 0 Å². The molecule has 0 aromatic rings. The third-order valence-electron chi connectivity index (χ3n) is 1.49. The lowest BCUT2D eigenvalue weighted by Crippen LogP contribution is -2.09. The van der Waals surface area contributed by atoms with Crippen LogP contribution in [0.1, 0.15) is 26.2 Å². The molecule has 1 rings (SSSR count). The Balaban J connectivity index is 2.36. The zero-order valence-corrected chi connectivity index (χ0v) is 5.41. The molecule has 0 saturated carbocycles. The van der Waals surface area contributed by atoms with Gasteiger partial charge in [-0.05, 0) is 26.2 Å². The predicted molar refractivity (Wildman–Crippen MR) is 35.6 cm³/mol. The van der Waals surface area contributed by atoms with Crippen LogP contribution in [0.25, 0.3) is 0 Å². The number of nitrogens with one attached hydrogen (secondary N) is 1. The Morgan fingerprint density at radius 3 is 3.25 bits per heavy atom. The lowest BCUT2D eigenvalue weighted by Gasteiger charge is -1.98. The molecule has 0 amide bonds. The first kappa shape index (κ1) is 5.67. The molecule has 0 aromatic heterocycles. The molecular formula is C7H13N. The molecule has 1 N–H and O–H groups in total. The summed E-state index contributed by atoms with van der Waals surface area (Å²) in [5.74, 6) is 0. The standard InChI is InChI=1S/C7H13N/c1-7-5-3-2-4-6-8-7/h5,8H,2-4,6H2,1H3. The van der Waals surface area contributed by atoms with E-state index in [2.05, 4.69) is 18.3 Å². The summed E-state index contributed by atoms with van der Waals surface area (Å²) in [5, 5.41) is 3.31. The number of hydrogen-bond donors (Lipinski definition) is 1. The Kier molecular flexibility index (Phi) is 1.95. The van der Waals surface area contributed by atoms with Gasteiger partial charge in [0.2, 0.25) is 0 Å². The Morgan fingerprint density at radius 2 is 2.38 bits per heavy atom. The lowest BCUT2D eigenvalue weighted by molar-refractivity contribution is 0.717. The molecule has 1 heterocycles. The molecule has 1 heteroatoms. The number of hydrogen-bond acceptors (Lipinski definition) is 1. The smallest absolute Gasteiger partial charge is 0.0143 e. The van der Waals surface area contributed by atoms with Crippen LogP contribution in [0.4, 0.5) is 0 Å². The van der Waals surface area contributed by atoms with Crippen LogP contribution >= 0.6 is 0 Å². The molecule has 0 saturated heterocycles. The molecule has 0 aromatic carbocycles. The molecule has 0 radical (unpaired) electrons. The van der Waals surface area contributed by atoms with E-state index in [1.165, 1.54) is 31.5 Å². The minimum atomic E-state index is 1.17. The highest BCUT2D eigenvalue weighted by Crippen LogP contribution is 2.02. The maximum atomic E-state index is 3.31. The molecule has 0 spiro atoms. The highest BCUT2D eigenvalue weighted by atomic mass is 14.9. The van der Waals surface area contributed by atoms with E-state index in [1.54, 1.807) is 0 Å². The molecule has 0 atom stereocenters. The molecule has 1 nitrogen and oxygen atoms in total. The second kappa shape index (κ2) is 2.75. The van der Waals surface area contributed by atoms with E-state index in [0.717, 1.165) is 0 Å². The van der Waals surface area contributed by atoms with Gasteiger partial charge >= 0.3 is 0 Å². The highest BCUT2D eigenvalue weighted by Gasteiger charge is 1.93. The quantitative estimate of drug-likeness (QED) is 0.501. The van der Waals surface area contributed by atoms with Gasteiger partial charge < -0.3 is 5.32 Å². The van der Waals surface area contributed by atoms with Crippen LogP contribution in [0.5, 0.6) is 0 Å². The Labute approximate surface area is 50.8 Å². The van der Waals surface area contributed by atoms with E-state index < -0.39 is 0 Å². The summed E-state index contributed by atoms with van der Waals surface area (Å²) in [7, 11) is 0. The summed E-state index contributed by atoms with van der Waals surface area (Å²) in [5.41, 5.74) is 1.35. The van der Waals surface area contributed by atoms with Crippen LogP contribution in [0.2, 0.25) is 0 Å². The lowest BCUT2D eigenvalue weighted by atomic mass is 10.2. The summed E-state index contributed by atoms with van der Waals surface area (Å²) < 4.78 is 0. The molecule has 1 aliphatic heterocycles. The maximum absolute atomic E-state index is 3.31. The average Bonchev–Trinajstić information content (AvgIpc) is 1.94. The monoisotopic (exact) mass is 111 g/mol. The largest absolute Gasteiger partial charge is 0.389 e. The molecule has 8 heavy (non-hydrogen) atoms. The summed E-state index contributed by atoms with van der Waals surface area (Å²) >= 11 is 0. The Bertz CT molecular complexity index is 94.6. The second-order valence-corrected chi connectivity index (χ2v) is 2.31. The van der Waals surface area contributed by atoms with Crippen LogP contribution in [-0.4, -0.2) is 6.54 Å². The minimum absolute atomic E-state index is 1.17. The van der Waals surface area contributed by atoms with Crippen molar-refractivity contribution in [1.29, 1.82) is 0 Å². The SMILES string of the molecule is CC1=CCCCCN1. The van der Waals surface area contributed by atoms with Crippen LogP contribution in [0.3, 0.4) is 0 Å². The van der Waals surface area contributed by atoms with Crippen LogP contribution in [0.15, 0.2) is 11.8 Å². The predicted octanol–water partition coefficient (Wildman–Crippen LogP) is 1.66. The average molecular weight is 111 g/mol. The van der Waals surface area contributed by atoms with Gasteiger partial charge in [-0.2, -0.15) is 0 Å². The first-order chi connectivity index (χ1) is 3.89. The highest BCUT2D eigenvalue weighted by molar-refractivity contribution is 4.96. The molecule has 0 fully saturated rings. The van der Waals surface area contributed by atoms with E-state index in [9.17, 15) is 0 Å². The van der Waals surface area contributed by atoms with Crippen molar-refractivity contribution < 1.29 is 0 Å². The zero-order chi connectivity index (χ0) is 5.82. The number of allylic oxidation sites excluding steroid dienone is 2. The van der Waals surface area contributed by atoms with E-state index in [0.29, 0.717) is 0 Å². The third kappa shape index (κ3) is 1.57. The summed E-state index contributed by atoms with van der Waals surface area (Å²) in [4.78, 5) is 0. The molecule has 0 aliphatic carbocycles. The van der Waals surface area contributed by atoms with Crippen molar-refractivity contribution in [1.82, 2.24) is 5.32 Å². The fraction of sp³-hybridized carbons (Fsp3) is 0.714. The van der Waals surface area contributed by atoms with Crippen molar-refractivity contribution in [3.63, 3.8) is 0 Å². The first-order valence-electron chi connectivity index (χ1n) is 3.30. The fourth-order valence-corrected chi connectivity index (χ4v) is 0.946. The van der Waals surface area contributed by atoms with E-state index in [-0.39, 0.29) is 0 Å². The van der Waals surface area contributed by atoms with Crippen LogP contribution in [0, 0.1) is 0 Å². The van der Waals surface area contributed by atoms with Gasteiger partial charge in [0.15, 0.2) is 0 Å². The Hall–Kier alpha value is -0.460. The van der Waals surface area contributed by atoms with Gasteiger partial charge in [0.1, 0.15) is 0 Å². The van der Waals surface area contributed by atoms with Crippen molar-refractivity contribution in [2.75, 3.05) is 6.54 Å². The summed E-state index contributed by atoms with van der Waals surface area (Å²) in [6.45, 7) is 3.30. The maximum Gasteiger partial charge on any atom is 0.0143 e. The van der Waals surface area contributed by atoms with E-state index in [1.807, 2.05) is 0 Å². The minimum Gasteiger partial charge on any atom is -0.389 e. The van der Waals surface area contributed by atoms with Crippen molar-refractivity contribution >= 4 is 0 Å². The van der Waals surface area contributed by atoms with Crippen molar-refractivity contribution in [2.24, 2.45) is 0 Å². The van der Waals surface area contributed by atoms with Gasteiger partial charge in [0.25, 0.3) is 0 Å². The second-order valence-electron chi connectivity index (χ2n) is 2.31. The molecular weight excluding hydrogens is 98.1 g/mol. The Morgan fingerprint density at radius 1 is 1.50 bits per heavy atom. The molecule has 0 bridgehead atoms.